The molecule has 2 aliphatic heterocycles. The molecule has 3 rings (SSSR count). The van der Waals surface area contributed by atoms with Crippen LogP contribution in [-0.2, 0) is 4.79 Å². The summed E-state index contributed by atoms with van der Waals surface area (Å²) in [5.41, 5.74) is 1.10. The molecule has 2 aliphatic rings. The maximum Gasteiger partial charge on any atom is 0.231 e. The van der Waals surface area contributed by atoms with E-state index >= 15 is 0 Å². The minimum absolute atomic E-state index is 0.0189. The van der Waals surface area contributed by atoms with Crippen molar-refractivity contribution in [1.29, 1.82) is 0 Å². The van der Waals surface area contributed by atoms with Gasteiger partial charge in [-0.15, -0.1) is 0 Å². The minimum atomic E-state index is -0.0968. The summed E-state index contributed by atoms with van der Waals surface area (Å²) < 4.78 is 10.6. The van der Waals surface area contributed by atoms with Crippen molar-refractivity contribution in [3.8, 4) is 11.5 Å². The van der Waals surface area contributed by atoms with E-state index in [0.29, 0.717) is 41.5 Å². The van der Waals surface area contributed by atoms with Gasteiger partial charge in [0.25, 0.3) is 0 Å². The first-order valence-electron chi connectivity index (χ1n) is 6.46. The van der Waals surface area contributed by atoms with Crippen molar-refractivity contribution in [2.45, 2.75) is 13.3 Å². The Labute approximate surface area is 122 Å². The summed E-state index contributed by atoms with van der Waals surface area (Å²) in [5.74, 6) is 1.92. The molecular weight excluding hydrogens is 278 g/mol. The molecular formula is C14H15NO4S. The fourth-order valence-corrected chi connectivity index (χ4v) is 2.82. The van der Waals surface area contributed by atoms with E-state index in [9.17, 15) is 9.59 Å². The monoisotopic (exact) mass is 293 g/mol. The Bertz CT molecular complexity index is 587. The highest BCUT2D eigenvalue weighted by Gasteiger charge is 2.33. The average Bonchev–Trinajstić information content (AvgIpc) is 3.02. The van der Waals surface area contributed by atoms with Gasteiger partial charge in [0.05, 0.1) is 5.69 Å². The normalized spacial score (nSPS) is 20.6. The molecule has 0 N–H and O–H groups in total. The third-order valence-electron chi connectivity index (χ3n) is 3.62. The average molecular weight is 293 g/mol. The number of nitrogens with zero attached hydrogens (tertiary/aromatic N) is 1. The van der Waals surface area contributed by atoms with Gasteiger partial charge in [0.1, 0.15) is 0 Å². The zero-order chi connectivity index (χ0) is 14.3. The predicted molar refractivity (Wildman–Crippen MR) is 76.9 cm³/mol. The summed E-state index contributed by atoms with van der Waals surface area (Å²) in [6.45, 7) is 2.21. The number of carbonyl (C=O) groups is 2. The topological polar surface area (TPSA) is 55.8 Å². The van der Waals surface area contributed by atoms with E-state index in [-0.39, 0.29) is 24.4 Å². The number of benzene rings is 1. The highest BCUT2D eigenvalue weighted by molar-refractivity contribution is 7.80. The molecule has 0 bridgehead atoms. The second kappa shape index (κ2) is 5.01. The number of amides is 1. The number of hydrogen-bond donors (Lipinski definition) is 1. The molecule has 0 aliphatic carbocycles. The molecule has 1 amide bonds. The van der Waals surface area contributed by atoms with E-state index < -0.39 is 0 Å². The van der Waals surface area contributed by atoms with Crippen LogP contribution in [0.5, 0.6) is 11.5 Å². The number of hydrogen-bond acceptors (Lipinski definition) is 5. The molecule has 0 spiro atoms. The van der Waals surface area contributed by atoms with E-state index in [0.717, 1.165) is 0 Å². The summed E-state index contributed by atoms with van der Waals surface area (Å²) in [7, 11) is 0. The number of ether oxygens (including phenoxy) is 2. The van der Waals surface area contributed by atoms with Crippen molar-refractivity contribution in [2.75, 3.05) is 24.0 Å². The summed E-state index contributed by atoms with van der Waals surface area (Å²) in [5, 5.41) is 0. The van der Waals surface area contributed by atoms with Crippen LogP contribution in [0, 0.1) is 5.92 Å². The molecule has 1 unspecified atom stereocenters. The highest BCUT2D eigenvalue weighted by Crippen LogP contribution is 2.40. The zero-order valence-corrected chi connectivity index (χ0v) is 12.0. The third kappa shape index (κ3) is 2.14. The number of thiol groups is 1. The predicted octanol–water partition coefficient (Wildman–Crippen LogP) is 1.90. The molecule has 106 valence electrons. The molecule has 0 saturated carbocycles. The summed E-state index contributed by atoms with van der Waals surface area (Å²) >= 11 is 4.25. The summed E-state index contributed by atoms with van der Waals surface area (Å²) in [6, 6.07) is 3.37. The van der Waals surface area contributed by atoms with Crippen LogP contribution in [0.3, 0.4) is 0 Å². The van der Waals surface area contributed by atoms with Gasteiger partial charge in [0, 0.05) is 24.6 Å². The lowest BCUT2D eigenvalue weighted by molar-refractivity contribution is -0.117. The lowest BCUT2D eigenvalue weighted by Gasteiger charge is -2.20. The van der Waals surface area contributed by atoms with Crippen molar-refractivity contribution >= 4 is 30.0 Å². The molecule has 0 aromatic heterocycles. The molecule has 5 nitrogen and oxygen atoms in total. The lowest BCUT2D eigenvalue weighted by atomic mass is 10.1. The fraction of sp³-hybridized carbons (Fsp3) is 0.429. The third-order valence-corrected chi connectivity index (χ3v) is 4.14. The number of anilines is 1. The summed E-state index contributed by atoms with van der Waals surface area (Å²) in [6.07, 6.45) is 0.468. The van der Waals surface area contributed by atoms with E-state index in [1.54, 1.807) is 17.0 Å². The van der Waals surface area contributed by atoms with Gasteiger partial charge in [-0.25, -0.2) is 0 Å². The van der Waals surface area contributed by atoms with Crippen molar-refractivity contribution in [3.63, 3.8) is 0 Å². The van der Waals surface area contributed by atoms with Crippen LogP contribution in [0.2, 0.25) is 0 Å². The molecule has 1 saturated heterocycles. The van der Waals surface area contributed by atoms with Gasteiger partial charge in [0.2, 0.25) is 12.7 Å². The number of Topliss-reactive ketones (excluding diaryl/α,β-unsaturated/α-hetero) is 1. The maximum absolute atomic E-state index is 12.1. The number of rotatable bonds is 3. The molecule has 0 radical (unpaired) electrons. The second-order valence-electron chi connectivity index (χ2n) is 5.04. The molecule has 6 heteroatoms. The molecule has 1 fully saturated rings. The standard InChI is InChI=1S/C14H15NO4S/c1-8(16)10-3-12-13(19-7-18-12)4-11(10)15-5-9(6-20)2-14(15)17/h3-4,9,20H,2,5-7H2,1H3. The molecule has 1 aromatic rings. The molecule has 20 heavy (non-hydrogen) atoms. The van der Waals surface area contributed by atoms with Gasteiger partial charge in [-0.3, -0.25) is 9.59 Å². The van der Waals surface area contributed by atoms with E-state index in [1.165, 1.54) is 6.92 Å². The van der Waals surface area contributed by atoms with Crippen LogP contribution < -0.4 is 14.4 Å². The molecule has 1 atom stereocenters. The Hall–Kier alpha value is -1.69. The summed E-state index contributed by atoms with van der Waals surface area (Å²) in [4.78, 5) is 25.6. The minimum Gasteiger partial charge on any atom is -0.454 e. The van der Waals surface area contributed by atoms with Crippen LogP contribution >= 0.6 is 12.6 Å². The second-order valence-corrected chi connectivity index (χ2v) is 5.40. The van der Waals surface area contributed by atoms with Crippen LogP contribution in [0.4, 0.5) is 5.69 Å². The largest absolute Gasteiger partial charge is 0.454 e. The fourth-order valence-electron chi connectivity index (χ4n) is 2.57. The number of carbonyl (C=O) groups excluding carboxylic acids is 2. The Morgan fingerprint density at radius 3 is 2.70 bits per heavy atom. The SMILES string of the molecule is CC(=O)c1cc2c(cc1N1CC(CS)CC1=O)OCO2. The van der Waals surface area contributed by atoms with Gasteiger partial charge in [0.15, 0.2) is 17.3 Å². The van der Waals surface area contributed by atoms with Crippen molar-refractivity contribution in [3.05, 3.63) is 17.7 Å². The first-order valence-corrected chi connectivity index (χ1v) is 7.09. The Morgan fingerprint density at radius 2 is 2.10 bits per heavy atom. The Balaban J connectivity index is 2.04. The lowest BCUT2D eigenvalue weighted by Crippen LogP contribution is -2.26. The van der Waals surface area contributed by atoms with E-state index in [2.05, 4.69) is 12.6 Å². The Kier molecular flexibility index (Phi) is 3.33. The van der Waals surface area contributed by atoms with Crippen LogP contribution in [0.1, 0.15) is 23.7 Å². The highest BCUT2D eigenvalue weighted by atomic mass is 32.1. The van der Waals surface area contributed by atoms with Crippen molar-refractivity contribution in [2.24, 2.45) is 5.92 Å². The van der Waals surface area contributed by atoms with Gasteiger partial charge in [-0.1, -0.05) is 0 Å². The first-order chi connectivity index (χ1) is 9.60. The Morgan fingerprint density at radius 1 is 1.40 bits per heavy atom. The maximum atomic E-state index is 12.1. The van der Waals surface area contributed by atoms with E-state index in [1.807, 2.05) is 0 Å². The van der Waals surface area contributed by atoms with Gasteiger partial charge in [-0.2, -0.15) is 12.6 Å². The number of ketones is 1. The van der Waals surface area contributed by atoms with Gasteiger partial charge >= 0.3 is 0 Å². The quantitative estimate of drug-likeness (QED) is 0.683. The zero-order valence-electron chi connectivity index (χ0n) is 11.1. The van der Waals surface area contributed by atoms with Crippen LogP contribution in [0.15, 0.2) is 12.1 Å². The van der Waals surface area contributed by atoms with Crippen molar-refractivity contribution in [1.82, 2.24) is 0 Å². The first kappa shape index (κ1) is 13.3. The smallest absolute Gasteiger partial charge is 0.231 e. The van der Waals surface area contributed by atoms with Crippen LogP contribution in [0.25, 0.3) is 0 Å². The van der Waals surface area contributed by atoms with Crippen LogP contribution in [-0.4, -0.2) is 30.8 Å². The molecule has 1 aromatic carbocycles. The van der Waals surface area contributed by atoms with Gasteiger partial charge < -0.3 is 14.4 Å². The van der Waals surface area contributed by atoms with Gasteiger partial charge in [-0.05, 0) is 24.7 Å². The number of fused-ring (bicyclic) bond motifs is 1. The van der Waals surface area contributed by atoms with Crippen molar-refractivity contribution < 1.29 is 19.1 Å². The van der Waals surface area contributed by atoms with E-state index in [4.69, 9.17) is 9.47 Å². The molecule has 2 heterocycles.